The molecule has 4 aromatic rings. The summed E-state index contributed by atoms with van der Waals surface area (Å²) in [6, 6.07) is 18.4. The second-order valence-corrected chi connectivity index (χ2v) is 8.83. The van der Waals surface area contributed by atoms with Gasteiger partial charge in [0.15, 0.2) is 11.7 Å². The maximum atomic E-state index is 13.8. The normalized spacial score (nSPS) is 19.8. The number of ether oxygens (including phenoxy) is 1. The monoisotopic (exact) mass is 463 g/mol. The van der Waals surface area contributed by atoms with Crippen molar-refractivity contribution < 1.29 is 14.6 Å². The summed E-state index contributed by atoms with van der Waals surface area (Å²) < 4.78 is 7.14. The van der Waals surface area contributed by atoms with Crippen LogP contribution in [0.4, 0.5) is 5.69 Å². The van der Waals surface area contributed by atoms with Crippen molar-refractivity contribution in [1.29, 1.82) is 0 Å². The molecule has 35 heavy (non-hydrogen) atoms. The molecule has 1 unspecified atom stereocenters. The number of aromatic nitrogens is 2. The SMILES string of the molecule is CC[C@@]1(O)C(=O)OC(C#Cc2cccc(N)c2)c2c1cc1n(c2=O)Cc2cc3ccccc3nc2-1. The number of nitrogens with two attached hydrogens (primary N) is 1. The fraction of sp³-hybridized carbons (Fsp3) is 0.179. The van der Waals surface area contributed by atoms with Crippen molar-refractivity contribution in [3.8, 4) is 23.2 Å². The van der Waals surface area contributed by atoms with Gasteiger partial charge in [0.05, 0.1) is 29.0 Å². The number of nitrogens with zero attached hydrogens (tertiary/aromatic N) is 2. The van der Waals surface area contributed by atoms with E-state index < -0.39 is 17.7 Å². The van der Waals surface area contributed by atoms with Gasteiger partial charge in [0.2, 0.25) is 0 Å². The molecule has 7 nitrogen and oxygen atoms in total. The summed E-state index contributed by atoms with van der Waals surface area (Å²) in [6.45, 7) is 2.01. The Labute approximate surface area is 200 Å². The summed E-state index contributed by atoms with van der Waals surface area (Å²) >= 11 is 0. The molecule has 7 heteroatoms. The van der Waals surface area contributed by atoms with Crippen LogP contribution >= 0.6 is 0 Å². The number of esters is 1. The summed E-state index contributed by atoms with van der Waals surface area (Å²) in [5.41, 5.74) is 8.06. The van der Waals surface area contributed by atoms with E-state index in [9.17, 15) is 14.7 Å². The van der Waals surface area contributed by atoms with Gasteiger partial charge in [-0.3, -0.25) is 4.79 Å². The first-order chi connectivity index (χ1) is 16.9. The molecule has 2 aromatic carbocycles. The minimum absolute atomic E-state index is 0.0507. The molecular formula is C28H21N3O4. The van der Waals surface area contributed by atoms with Gasteiger partial charge in [0, 0.05) is 27.8 Å². The van der Waals surface area contributed by atoms with Gasteiger partial charge < -0.3 is 20.1 Å². The third kappa shape index (κ3) is 3.15. The van der Waals surface area contributed by atoms with Crippen LogP contribution in [0.25, 0.3) is 22.3 Å². The van der Waals surface area contributed by atoms with E-state index in [1.807, 2.05) is 30.3 Å². The average molecular weight is 463 g/mol. The van der Waals surface area contributed by atoms with E-state index in [0.717, 1.165) is 16.5 Å². The second-order valence-electron chi connectivity index (χ2n) is 8.83. The van der Waals surface area contributed by atoms with Crippen molar-refractivity contribution in [1.82, 2.24) is 9.55 Å². The molecule has 0 saturated heterocycles. The van der Waals surface area contributed by atoms with E-state index in [1.54, 1.807) is 41.8 Å². The van der Waals surface area contributed by atoms with E-state index in [0.29, 0.717) is 29.2 Å². The third-order valence-corrected chi connectivity index (χ3v) is 6.73. The molecule has 6 rings (SSSR count). The van der Waals surface area contributed by atoms with Gasteiger partial charge >= 0.3 is 5.97 Å². The lowest BCUT2D eigenvalue weighted by Crippen LogP contribution is -2.45. The molecule has 0 saturated carbocycles. The maximum Gasteiger partial charge on any atom is 0.344 e. The Morgan fingerprint density at radius 1 is 1.17 bits per heavy atom. The van der Waals surface area contributed by atoms with Crippen molar-refractivity contribution in [3.05, 3.63) is 93.3 Å². The van der Waals surface area contributed by atoms with Crippen LogP contribution in [0.2, 0.25) is 0 Å². The number of aliphatic hydroxyl groups is 1. The number of benzene rings is 2. The molecule has 0 bridgehead atoms. The number of cyclic esters (lactones) is 1. The molecule has 3 N–H and O–H groups in total. The van der Waals surface area contributed by atoms with Crippen LogP contribution < -0.4 is 11.3 Å². The molecule has 2 atom stereocenters. The van der Waals surface area contributed by atoms with Crippen molar-refractivity contribution >= 4 is 22.6 Å². The minimum Gasteiger partial charge on any atom is -0.442 e. The number of nitrogen functional groups attached to an aromatic ring is 1. The zero-order valence-electron chi connectivity index (χ0n) is 18.9. The van der Waals surface area contributed by atoms with Crippen molar-refractivity contribution in [2.24, 2.45) is 0 Å². The van der Waals surface area contributed by atoms with Gasteiger partial charge in [-0.05, 0) is 48.7 Å². The molecule has 2 aliphatic heterocycles. The smallest absolute Gasteiger partial charge is 0.344 e. The Bertz CT molecular complexity index is 1680. The van der Waals surface area contributed by atoms with E-state index in [4.69, 9.17) is 15.5 Å². The first-order valence-corrected chi connectivity index (χ1v) is 11.4. The van der Waals surface area contributed by atoms with Crippen LogP contribution in [0.5, 0.6) is 0 Å². The molecular weight excluding hydrogens is 442 g/mol. The standard InChI is InChI=1S/C28H21N3O4/c1-2-28(34)20-14-22-25-18(13-17-7-3-4-9-21(17)30-25)15-31(22)26(32)24(20)23(35-27(28)33)11-10-16-6-5-8-19(29)12-16/h3-9,12-14,23,34H,2,15,29H2,1H3/t23?,28-/m0/s1. The Morgan fingerprint density at radius 2 is 2.00 bits per heavy atom. The number of rotatable bonds is 1. The second kappa shape index (κ2) is 7.55. The first-order valence-electron chi connectivity index (χ1n) is 11.4. The predicted molar refractivity (Wildman–Crippen MR) is 131 cm³/mol. The first kappa shape index (κ1) is 21.1. The van der Waals surface area contributed by atoms with Crippen LogP contribution in [0.15, 0.2) is 65.5 Å². The molecule has 172 valence electrons. The molecule has 0 fully saturated rings. The lowest BCUT2D eigenvalue weighted by atomic mass is 9.83. The summed E-state index contributed by atoms with van der Waals surface area (Å²) in [4.78, 5) is 31.5. The number of fused-ring (bicyclic) bond motifs is 5. The van der Waals surface area contributed by atoms with Crippen LogP contribution in [0.1, 0.15) is 41.7 Å². The van der Waals surface area contributed by atoms with E-state index in [-0.39, 0.29) is 23.1 Å². The van der Waals surface area contributed by atoms with Crippen molar-refractivity contribution in [3.63, 3.8) is 0 Å². The summed E-state index contributed by atoms with van der Waals surface area (Å²) in [5.74, 6) is 5.03. The van der Waals surface area contributed by atoms with Gasteiger partial charge in [-0.25, -0.2) is 9.78 Å². The topological polar surface area (TPSA) is 107 Å². The number of pyridine rings is 2. The summed E-state index contributed by atoms with van der Waals surface area (Å²) in [7, 11) is 0. The zero-order chi connectivity index (χ0) is 24.3. The Morgan fingerprint density at radius 3 is 2.80 bits per heavy atom. The number of anilines is 1. The van der Waals surface area contributed by atoms with Crippen molar-refractivity contribution in [2.45, 2.75) is 31.6 Å². The Hall–Kier alpha value is -4.41. The number of hydrogen-bond acceptors (Lipinski definition) is 6. The van der Waals surface area contributed by atoms with Gasteiger partial charge in [-0.1, -0.05) is 37.1 Å². The van der Waals surface area contributed by atoms with Crippen LogP contribution in [-0.2, 0) is 21.7 Å². The van der Waals surface area contributed by atoms with Crippen LogP contribution in [-0.4, -0.2) is 20.6 Å². The van der Waals surface area contributed by atoms with Gasteiger partial charge in [0.25, 0.3) is 5.56 Å². The molecule has 0 spiro atoms. The Kier molecular flexibility index (Phi) is 4.56. The lowest BCUT2D eigenvalue weighted by molar-refractivity contribution is -0.174. The fourth-order valence-electron chi connectivity index (χ4n) is 4.86. The summed E-state index contributed by atoms with van der Waals surface area (Å²) in [6.07, 6.45) is -1.07. The molecule has 2 aromatic heterocycles. The van der Waals surface area contributed by atoms with Crippen molar-refractivity contribution in [2.75, 3.05) is 5.73 Å². The minimum atomic E-state index is -1.95. The number of para-hydroxylation sites is 1. The number of hydrogen-bond donors (Lipinski definition) is 2. The fourth-order valence-corrected chi connectivity index (χ4v) is 4.86. The van der Waals surface area contributed by atoms with E-state index in [2.05, 4.69) is 11.8 Å². The third-order valence-electron chi connectivity index (χ3n) is 6.73. The molecule has 0 radical (unpaired) electrons. The van der Waals surface area contributed by atoms with Gasteiger partial charge in [0.1, 0.15) is 0 Å². The quantitative estimate of drug-likeness (QED) is 0.225. The average Bonchev–Trinajstić information content (AvgIpc) is 3.22. The highest BCUT2D eigenvalue weighted by Crippen LogP contribution is 2.41. The highest BCUT2D eigenvalue weighted by Gasteiger charge is 2.48. The van der Waals surface area contributed by atoms with Crippen LogP contribution in [0, 0.1) is 11.8 Å². The highest BCUT2D eigenvalue weighted by molar-refractivity contribution is 5.87. The zero-order valence-corrected chi connectivity index (χ0v) is 18.9. The number of carbonyl (C=O) groups excluding carboxylic acids is 1. The molecule has 0 amide bonds. The lowest BCUT2D eigenvalue weighted by Gasteiger charge is -2.34. The highest BCUT2D eigenvalue weighted by atomic mass is 16.6. The molecule has 0 aliphatic carbocycles. The molecule has 2 aliphatic rings. The van der Waals surface area contributed by atoms with Gasteiger partial charge in [-0.2, -0.15) is 0 Å². The van der Waals surface area contributed by atoms with E-state index in [1.165, 1.54) is 0 Å². The largest absolute Gasteiger partial charge is 0.442 e. The summed E-state index contributed by atoms with van der Waals surface area (Å²) in [5, 5.41) is 12.3. The van der Waals surface area contributed by atoms with E-state index >= 15 is 0 Å². The van der Waals surface area contributed by atoms with Gasteiger partial charge in [-0.15, -0.1) is 0 Å². The molecule has 4 heterocycles. The Balaban J connectivity index is 1.56. The number of carbonyl (C=O) groups is 1. The predicted octanol–water partition coefficient (Wildman–Crippen LogP) is 3.25. The maximum absolute atomic E-state index is 13.8. The van der Waals surface area contributed by atoms with Crippen LogP contribution in [0.3, 0.4) is 0 Å².